The van der Waals surface area contributed by atoms with E-state index in [9.17, 15) is 9.59 Å². The third kappa shape index (κ3) is 4.03. The van der Waals surface area contributed by atoms with Crippen LogP contribution in [0.1, 0.15) is 24.3 Å². The summed E-state index contributed by atoms with van der Waals surface area (Å²) in [6, 6.07) is 3.11. The van der Waals surface area contributed by atoms with Crippen LogP contribution in [0.15, 0.2) is 17.2 Å². The van der Waals surface area contributed by atoms with Crippen molar-refractivity contribution in [3.05, 3.63) is 17.8 Å². The highest BCUT2D eigenvalue weighted by molar-refractivity contribution is 8.00. The number of nitrogens with zero attached hydrogens (tertiary/aromatic N) is 2. The van der Waals surface area contributed by atoms with E-state index < -0.39 is 11.2 Å². The van der Waals surface area contributed by atoms with Crippen LogP contribution in [0.5, 0.6) is 0 Å². The number of carboxylic acids is 1. The molecule has 1 atom stereocenters. The van der Waals surface area contributed by atoms with Crippen LogP contribution in [-0.4, -0.2) is 39.0 Å². The van der Waals surface area contributed by atoms with Crippen LogP contribution in [-0.2, 0) is 4.79 Å². The highest BCUT2D eigenvalue weighted by Crippen LogP contribution is 2.20. The molecule has 0 radical (unpaired) electrons. The lowest BCUT2D eigenvalue weighted by Gasteiger charge is -2.05. The van der Waals surface area contributed by atoms with Crippen molar-refractivity contribution >= 4 is 23.6 Å². The molecule has 7 heteroatoms. The van der Waals surface area contributed by atoms with Gasteiger partial charge in [0, 0.05) is 6.54 Å². The molecule has 92 valence electrons. The molecule has 1 aromatic rings. The predicted molar refractivity (Wildman–Crippen MR) is 63.0 cm³/mol. The summed E-state index contributed by atoms with van der Waals surface area (Å²) < 4.78 is 0. The van der Waals surface area contributed by atoms with Crippen molar-refractivity contribution in [1.82, 2.24) is 15.5 Å². The second kappa shape index (κ2) is 6.19. The van der Waals surface area contributed by atoms with Crippen molar-refractivity contribution < 1.29 is 14.7 Å². The number of nitrogens with one attached hydrogen (secondary N) is 1. The summed E-state index contributed by atoms with van der Waals surface area (Å²) in [6.07, 6.45) is 0. The van der Waals surface area contributed by atoms with E-state index in [4.69, 9.17) is 5.11 Å². The standard InChI is InChI=1S/C10H13N3O3S/c1-3-11-9(14)7-4-5-8(13-12-7)17-6(2)10(15)16/h4-6H,3H2,1-2H3,(H,11,14)(H,15,16). The number of hydrogen-bond acceptors (Lipinski definition) is 5. The number of thioether (sulfide) groups is 1. The highest BCUT2D eigenvalue weighted by atomic mass is 32.2. The quantitative estimate of drug-likeness (QED) is 0.756. The smallest absolute Gasteiger partial charge is 0.316 e. The summed E-state index contributed by atoms with van der Waals surface area (Å²) in [7, 11) is 0. The van der Waals surface area contributed by atoms with E-state index in [1.165, 1.54) is 6.07 Å². The Morgan fingerprint density at radius 1 is 1.47 bits per heavy atom. The van der Waals surface area contributed by atoms with Crippen LogP contribution in [0.2, 0.25) is 0 Å². The molecule has 0 aliphatic rings. The molecule has 0 aromatic carbocycles. The van der Waals surface area contributed by atoms with Gasteiger partial charge >= 0.3 is 5.97 Å². The maximum Gasteiger partial charge on any atom is 0.316 e. The average Bonchev–Trinajstić information content (AvgIpc) is 2.30. The molecule has 0 bridgehead atoms. The van der Waals surface area contributed by atoms with Gasteiger partial charge in [-0.2, -0.15) is 0 Å². The zero-order valence-electron chi connectivity index (χ0n) is 9.51. The minimum atomic E-state index is -0.912. The Morgan fingerprint density at radius 3 is 2.65 bits per heavy atom. The summed E-state index contributed by atoms with van der Waals surface area (Å²) >= 11 is 1.08. The predicted octanol–water partition coefficient (Wildman–Crippen LogP) is 0.792. The summed E-state index contributed by atoms with van der Waals surface area (Å²) in [4.78, 5) is 22.0. The normalized spacial score (nSPS) is 11.9. The molecule has 6 nitrogen and oxygen atoms in total. The van der Waals surface area contributed by atoms with E-state index in [0.29, 0.717) is 11.6 Å². The van der Waals surface area contributed by atoms with Crippen LogP contribution < -0.4 is 5.32 Å². The summed E-state index contributed by atoms with van der Waals surface area (Å²) in [6.45, 7) is 3.89. The first-order chi connectivity index (χ1) is 8.04. The molecule has 0 saturated heterocycles. The average molecular weight is 255 g/mol. The molecule has 1 amide bonds. The minimum Gasteiger partial charge on any atom is -0.480 e. The van der Waals surface area contributed by atoms with Crippen molar-refractivity contribution in [2.75, 3.05) is 6.54 Å². The fourth-order valence-corrected chi connectivity index (χ4v) is 1.68. The molecule has 0 fully saturated rings. The Bertz CT molecular complexity index is 408. The van der Waals surface area contributed by atoms with Gasteiger partial charge in [0.2, 0.25) is 0 Å². The van der Waals surface area contributed by atoms with Gasteiger partial charge in [0.15, 0.2) is 5.69 Å². The molecule has 1 aromatic heterocycles. The second-order valence-electron chi connectivity index (χ2n) is 3.21. The largest absolute Gasteiger partial charge is 0.480 e. The van der Waals surface area contributed by atoms with E-state index in [-0.39, 0.29) is 11.6 Å². The monoisotopic (exact) mass is 255 g/mol. The van der Waals surface area contributed by atoms with Crippen LogP contribution in [0.3, 0.4) is 0 Å². The number of amides is 1. The van der Waals surface area contributed by atoms with E-state index in [1.54, 1.807) is 13.0 Å². The zero-order chi connectivity index (χ0) is 12.8. The zero-order valence-corrected chi connectivity index (χ0v) is 10.3. The lowest BCUT2D eigenvalue weighted by Crippen LogP contribution is -2.24. The van der Waals surface area contributed by atoms with Crippen LogP contribution >= 0.6 is 11.8 Å². The molecule has 0 aliphatic heterocycles. The molecule has 2 N–H and O–H groups in total. The summed E-state index contributed by atoms with van der Waals surface area (Å²) in [5.41, 5.74) is 0.221. The Kier molecular flexibility index (Phi) is 4.89. The van der Waals surface area contributed by atoms with E-state index in [2.05, 4.69) is 15.5 Å². The summed E-state index contributed by atoms with van der Waals surface area (Å²) in [5.74, 6) is -1.20. The van der Waals surface area contributed by atoms with Gasteiger partial charge < -0.3 is 10.4 Å². The molecule has 17 heavy (non-hydrogen) atoms. The number of hydrogen-bond donors (Lipinski definition) is 2. The fraction of sp³-hybridized carbons (Fsp3) is 0.400. The molecule has 1 unspecified atom stereocenters. The lowest BCUT2D eigenvalue weighted by atomic mass is 10.4. The number of aliphatic carboxylic acids is 1. The number of rotatable bonds is 5. The first-order valence-corrected chi connectivity index (χ1v) is 5.94. The molecule has 0 spiro atoms. The van der Waals surface area contributed by atoms with Crippen LogP contribution in [0, 0.1) is 0 Å². The van der Waals surface area contributed by atoms with Gasteiger partial charge in [0.1, 0.15) is 10.3 Å². The Labute approximate surface area is 103 Å². The van der Waals surface area contributed by atoms with Gasteiger partial charge in [0.25, 0.3) is 5.91 Å². The van der Waals surface area contributed by atoms with Crippen molar-refractivity contribution in [2.45, 2.75) is 24.1 Å². The number of carbonyl (C=O) groups is 2. The first-order valence-electron chi connectivity index (χ1n) is 5.06. The topological polar surface area (TPSA) is 92.2 Å². The number of carbonyl (C=O) groups excluding carboxylic acids is 1. The SMILES string of the molecule is CCNC(=O)c1ccc(SC(C)C(=O)O)nn1. The molecule has 1 rings (SSSR count). The molecule has 0 aliphatic carbocycles. The minimum absolute atomic E-state index is 0.221. The van der Waals surface area contributed by atoms with Gasteiger partial charge in [-0.3, -0.25) is 9.59 Å². The lowest BCUT2D eigenvalue weighted by molar-refractivity contribution is -0.136. The maximum atomic E-state index is 11.4. The van der Waals surface area contributed by atoms with E-state index in [1.807, 2.05) is 6.92 Å². The first kappa shape index (κ1) is 13.4. The Hall–Kier alpha value is -1.63. The third-order valence-corrected chi connectivity index (χ3v) is 2.87. The van der Waals surface area contributed by atoms with Crippen molar-refractivity contribution in [3.8, 4) is 0 Å². The number of aromatic nitrogens is 2. The molecule has 1 heterocycles. The Balaban J connectivity index is 2.68. The van der Waals surface area contributed by atoms with Gasteiger partial charge in [-0.05, 0) is 26.0 Å². The molecular weight excluding hydrogens is 242 g/mol. The van der Waals surface area contributed by atoms with Gasteiger partial charge in [-0.15, -0.1) is 10.2 Å². The Morgan fingerprint density at radius 2 is 2.18 bits per heavy atom. The van der Waals surface area contributed by atoms with Gasteiger partial charge in [-0.25, -0.2) is 0 Å². The molecule has 0 saturated carbocycles. The van der Waals surface area contributed by atoms with Crippen molar-refractivity contribution in [3.63, 3.8) is 0 Å². The van der Waals surface area contributed by atoms with Crippen molar-refractivity contribution in [1.29, 1.82) is 0 Å². The molecular formula is C10H13N3O3S. The third-order valence-electron chi connectivity index (χ3n) is 1.86. The maximum absolute atomic E-state index is 11.4. The van der Waals surface area contributed by atoms with Crippen LogP contribution in [0.4, 0.5) is 0 Å². The second-order valence-corrected chi connectivity index (χ2v) is 4.58. The van der Waals surface area contributed by atoms with E-state index in [0.717, 1.165) is 11.8 Å². The highest BCUT2D eigenvalue weighted by Gasteiger charge is 2.14. The van der Waals surface area contributed by atoms with Crippen LogP contribution in [0.25, 0.3) is 0 Å². The van der Waals surface area contributed by atoms with Gasteiger partial charge in [0.05, 0.1) is 0 Å². The summed E-state index contributed by atoms with van der Waals surface area (Å²) in [5, 5.41) is 18.7. The van der Waals surface area contributed by atoms with Gasteiger partial charge in [-0.1, -0.05) is 11.8 Å². The van der Waals surface area contributed by atoms with Crippen molar-refractivity contribution in [2.24, 2.45) is 0 Å². The van der Waals surface area contributed by atoms with E-state index >= 15 is 0 Å². The number of carboxylic acid groups (broad SMARTS) is 1. The fourth-order valence-electron chi connectivity index (χ4n) is 0.987.